The molecule has 2 atom stereocenters. The van der Waals surface area contributed by atoms with Gasteiger partial charge >= 0.3 is 5.97 Å². The van der Waals surface area contributed by atoms with E-state index in [4.69, 9.17) is 15.2 Å². The lowest BCUT2D eigenvalue weighted by Crippen LogP contribution is -2.24. The van der Waals surface area contributed by atoms with Gasteiger partial charge in [0, 0.05) is 24.2 Å². The van der Waals surface area contributed by atoms with Gasteiger partial charge in [-0.3, -0.25) is 4.98 Å². The number of ether oxygens (including phenoxy) is 2. The Kier molecular flexibility index (Phi) is 5.58. The first-order chi connectivity index (χ1) is 10.7. The number of nitrogens with zero attached hydrogens (tertiary/aromatic N) is 1. The molecule has 2 N–H and O–H groups in total. The number of fused-ring (bicyclic) bond motifs is 1. The fraction of sp³-hybridized carbons (Fsp3) is 0.294. The van der Waals surface area contributed by atoms with Crippen LogP contribution in [0.15, 0.2) is 42.7 Å². The van der Waals surface area contributed by atoms with Crippen LogP contribution < -0.4 is 10.5 Å². The van der Waals surface area contributed by atoms with Crippen LogP contribution in [0, 0.1) is 0 Å². The molecule has 1 aromatic heterocycles. The SMILES string of the molecule is CCOC(=O)c1cccc([C@@H]2C[C@H](N)c3ccncc3O2)c1.Cl. The Balaban J connectivity index is 0.00000192. The molecule has 0 unspecified atom stereocenters. The molecule has 0 spiro atoms. The van der Waals surface area contributed by atoms with Gasteiger partial charge in [-0.15, -0.1) is 12.4 Å². The van der Waals surface area contributed by atoms with Crippen molar-refractivity contribution in [1.82, 2.24) is 4.98 Å². The fourth-order valence-electron chi connectivity index (χ4n) is 2.64. The second kappa shape index (κ2) is 7.44. The number of carbonyl (C=O) groups excluding carboxylic acids is 1. The van der Waals surface area contributed by atoms with Crippen molar-refractivity contribution in [2.45, 2.75) is 25.5 Å². The number of hydrogen-bond donors (Lipinski definition) is 1. The predicted molar refractivity (Wildman–Crippen MR) is 88.8 cm³/mol. The van der Waals surface area contributed by atoms with Crippen molar-refractivity contribution in [3.05, 3.63) is 59.4 Å². The zero-order valence-electron chi connectivity index (χ0n) is 12.8. The van der Waals surface area contributed by atoms with E-state index >= 15 is 0 Å². The number of pyridine rings is 1. The monoisotopic (exact) mass is 334 g/mol. The zero-order chi connectivity index (χ0) is 15.5. The second-order valence-corrected chi connectivity index (χ2v) is 5.21. The maximum atomic E-state index is 11.8. The molecule has 0 amide bonds. The highest BCUT2D eigenvalue weighted by atomic mass is 35.5. The van der Waals surface area contributed by atoms with Gasteiger partial charge in [0.15, 0.2) is 0 Å². The second-order valence-electron chi connectivity index (χ2n) is 5.21. The van der Waals surface area contributed by atoms with Crippen LogP contribution in [-0.2, 0) is 4.74 Å². The number of benzene rings is 1. The van der Waals surface area contributed by atoms with Crippen molar-refractivity contribution in [1.29, 1.82) is 0 Å². The number of hydrogen-bond acceptors (Lipinski definition) is 5. The minimum Gasteiger partial charge on any atom is -0.484 e. The van der Waals surface area contributed by atoms with Gasteiger partial charge in [-0.05, 0) is 30.7 Å². The van der Waals surface area contributed by atoms with Gasteiger partial charge in [-0.25, -0.2) is 4.79 Å². The molecule has 6 heteroatoms. The first-order valence-corrected chi connectivity index (χ1v) is 7.32. The number of aromatic nitrogens is 1. The van der Waals surface area contributed by atoms with Crippen LogP contribution in [-0.4, -0.2) is 17.6 Å². The van der Waals surface area contributed by atoms with Gasteiger partial charge in [0.25, 0.3) is 0 Å². The maximum Gasteiger partial charge on any atom is 0.338 e. The van der Waals surface area contributed by atoms with Crippen molar-refractivity contribution in [2.75, 3.05) is 6.61 Å². The summed E-state index contributed by atoms with van der Waals surface area (Å²) >= 11 is 0. The molecule has 2 aromatic rings. The van der Waals surface area contributed by atoms with E-state index < -0.39 is 0 Å². The topological polar surface area (TPSA) is 74.4 Å². The van der Waals surface area contributed by atoms with Gasteiger partial charge in [0.05, 0.1) is 18.4 Å². The van der Waals surface area contributed by atoms with E-state index in [1.54, 1.807) is 31.5 Å². The zero-order valence-corrected chi connectivity index (χ0v) is 13.6. The number of rotatable bonds is 3. The summed E-state index contributed by atoms with van der Waals surface area (Å²) in [5, 5.41) is 0. The standard InChI is InChI=1S/C17H18N2O3.ClH/c1-2-21-17(20)12-5-3-4-11(8-12)15-9-14(18)13-6-7-19-10-16(13)22-15;/h3-8,10,14-15H,2,9,18H2,1H3;1H/t14-,15-;/m0./s1. The fourth-order valence-corrected chi connectivity index (χ4v) is 2.64. The number of nitrogens with two attached hydrogens (primary N) is 1. The third kappa shape index (κ3) is 3.63. The van der Waals surface area contributed by atoms with Crippen molar-refractivity contribution in [3.8, 4) is 5.75 Å². The molecule has 1 aliphatic heterocycles. The summed E-state index contributed by atoms with van der Waals surface area (Å²) in [5.74, 6) is 0.374. The van der Waals surface area contributed by atoms with Crippen LogP contribution in [0.2, 0.25) is 0 Å². The van der Waals surface area contributed by atoms with Crippen LogP contribution in [0.1, 0.15) is 47.0 Å². The van der Waals surface area contributed by atoms with Crippen LogP contribution >= 0.6 is 12.4 Å². The average molecular weight is 335 g/mol. The molecule has 0 aliphatic carbocycles. The summed E-state index contributed by atoms with van der Waals surface area (Å²) in [6, 6.07) is 9.07. The minimum atomic E-state index is -0.327. The van der Waals surface area contributed by atoms with E-state index in [1.165, 1.54) is 0 Å². The van der Waals surface area contributed by atoms with Gasteiger partial charge in [0.1, 0.15) is 11.9 Å². The van der Waals surface area contributed by atoms with Crippen LogP contribution in [0.5, 0.6) is 5.75 Å². The Hall–Kier alpha value is -2.11. The van der Waals surface area contributed by atoms with Crippen LogP contribution in [0.4, 0.5) is 0 Å². The Morgan fingerprint density at radius 2 is 2.26 bits per heavy atom. The van der Waals surface area contributed by atoms with E-state index in [0.717, 1.165) is 11.1 Å². The molecule has 5 nitrogen and oxygen atoms in total. The molecule has 0 saturated carbocycles. The normalized spacial score (nSPS) is 19.0. The van der Waals surface area contributed by atoms with Crippen molar-refractivity contribution in [2.24, 2.45) is 5.73 Å². The molecule has 1 aromatic carbocycles. The highest BCUT2D eigenvalue weighted by Crippen LogP contribution is 2.39. The first kappa shape index (κ1) is 17.2. The Labute approximate surface area is 141 Å². The van der Waals surface area contributed by atoms with Crippen LogP contribution in [0.25, 0.3) is 0 Å². The molecule has 122 valence electrons. The Bertz CT molecular complexity index is 693. The predicted octanol–water partition coefficient (Wildman–Crippen LogP) is 3.20. The Morgan fingerprint density at radius 1 is 1.43 bits per heavy atom. The Morgan fingerprint density at radius 3 is 3.04 bits per heavy atom. The van der Waals surface area contributed by atoms with Crippen LogP contribution in [0.3, 0.4) is 0 Å². The highest BCUT2D eigenvalue weighted by molar-refractivity contribution is 5.89. The van der Waals surface area contributed by atoms with E-state index in [1.807, 2.05) is 18.2 Å². The summed E-state index contributed by atoms with van der Waals surface area (Å²) in [7, 11) is 0. The third-order valence-corrected chi connectivity index (χ3v) is 3.72. The summed E-state index contributed by atoms with van der Waals surface area (Å²) < 4.78 is 11.0. The van der Waals surface area contributed by atoms with Crippen molar-refractivity contribution in [3.63, 3.8) is 0 Å². The summed E-state index contributed by atoms with van der Waals surface area (Å²) in [4.78, 5) is 15.9. The summed E-state index contributed by atoms with van der Waals surface area (Å²) in [6.07, 6.45) is 3.85. The largest absolute Gasteiger partial charge is 0.484 e. The lowest BCUT2D eigenvalue weighted by molar-refractivity contribution is 0.0526. The van der Waals surface area contributed by atoms with Gasteiger partial charge in [-0.1, -0.05) is 12.1 Å². The lowest BCUT2D eigenvalue weighted by Gasteiger charge is -2.30. The molecule has 0 saturated heterocycles. The highest BCUT2D eigenvalue weighted by Gasteiger charge is 2.27. The molecule has 0 fully saturated rings. The van der Waals surface area contributed by atoms with E-state index in [0.29, 0.717) is 24.3 Å². The quantitative estimate of drug-likeness (QED) is 0.872. The van der Waals surface area contributed by atoms with Crippen molar-refractivity contribution < 1.29 is 14.3 Å². The molecule has 0 bridgehead atoms. The van der Waals surface area contributed by atoms with E-state index in [-0.39, 0.29) is 30.5 Å². The van der Waals surface area contributed by atoms with E-state index in [9.17, 15) is 4.79 Å². The first-order valence-electron chi connectivity index (χ1n) is 7.32. The molecular formula is C17H19ClN2O3. The molecular weight excluding hydrogens is 316 g/mol. The van der Waals surface area contributed by atoms with Crippen molar-refractivity contribution >= 4 is 18.4 Å². The summed E-state index contributed by atoms with van der Waals surface area (Å²) in [5.41, 5.74) is 8.62. The number of carbonyl (C=O) groups is 1. The molecule has 0 radical (unpaired) electrons. The number of halogens is 1. The molecule has 2 heterocycles. The number of esters is 1. The molecule has 1 aliphatic rings. The third-order valence-electron chi connectivity index (χ3n) is 3.72. The smallest absolute Gasteiger partial charge is 0.338 e. The van der Waals surface area contributed by atoms with Gasteiger partial charge in [0.2, 0.25) is 0 Å². The minimum absolute atomic E-state index is 0. The maximum absolute atomic E-state index is 11.8. The van der Waals surface area contributed by atoms with Gasteiger partial charge < -0.3 is 15.2 Å². The van der Waals surface area contributed by atoms with E-state index in [2.05, 4.69) is 4.98 Å². The average Bonchev–Trinajstić information content (AvgIpc) is 2.55. The lowest BCUT2D eigenvalue weighted by atomic mass is 9.94. The van der Waals surface area contributed by atoms with Gasteiger partial charge in [-0.2, -0.15) is 0 Å². The summed E-state index contributed by atoms with van der Waals surface area (Å²) in [6.45, 7) is 2.14. The molecule has 3 rings (SSSR count). The molecule has 23 heavy (non-hydrogen) atoms.